The van der Waals surface area contributed by atoms with Crippen molar-refractivity contribution >= 4 is 29.7 Å². The van der Waals surface area contributed by atoms with E-state index in [9.17, 15) is 19.5 Å². The molecule has 1 fully saturated rings. The molecule has 180 valence electrons. The molecule has 2 aromatic rings. The van der Waals surface area contributed by atoms with Gasteiger partial charge in [-0.2, -0.15) is 11.8 Å². The predicted octanol–water partition coefficient (Wildman–Crippen LogP) is 4.02. The van der Waals surface area contributed by atoms with E-state index in [1.807, 2.05) is 42.7 Å². The minimum atomic E-state index is -1.34. The molecule has 0 radical (unpaired) electrons. The Morgan fingerprint density at radius 3 is 2.21 bits per heavy atom. The number of nitrogens with one attached hydrogen (secondary N) is 2. The van der Waals surface area contributed by atoms with Gasteiger partial charge >= 0.3 is 12.1 Å². The zero-order valence-electron chi connectivity index (χ0n) is 19.4. The Morgan fingerprint density at radius 2 is 1.68 bits per heavy atom. The number of rotatable bonds is 10. The lowest BCUT2D eigenvalue weighted by Crippen LogP contribution is -2.59. The fraction of sp³-hybridized carbons (Fsp3) is 0.423. The van der Waals surface area contributed by atoms with Gasteiger partial charge in [-0.05, 0) is 66.4 Å². The average molecular weight is 483 g/mol. The highest BCUT2D eigenvalue weighted by Gasteiger charge is 2.49. The molecule has 2 aliphatic carbocycles. The largest absolute Gasteiger partial charge is 0.480 e. The molecule has 2 atom stereocenters. The lowest BCUT2D eigenvalue weighted by molar-refractivity contribution is -0.148. The van der Waals surface area contributed by atoms with Crippen molar-refractivity contribution in [3.63, 3.8) is 0 Å². The summed E-state index contributed by atoms with van der Waals surface area (Å²) < 4.78 is 5.58. The molecule has 1 saturated carbocycles. The first-order valence-corrected chi connectivity index (χ1v) is 12.9. The van der Waals surface area contributed by atoms with Crippen LogP contribution in [0.2, 0.25) is 0 Å². The molecule has 7 nitrogen and oxygen atoms in total. The number of benzene rings is 2. The Balaban J connectivity index is 1.42. The number of carboxylic acids is 1. The molecule has 1 unspecified atom stereocenters. The van der Waals surface area contributed by atoms with Gasteiger partial charge in [-0.3, -0.25) is 4.79 Å². The molecule has 0 heterocycles. The number of hydrogen-bond acceptors (Lipinski definition) is 5. The van der Waals surface area contributed by atoms with Crippen LogP contribution < -0.4 is 10.6 Å². The molecule has 34 heavy (non-hydrogen) atoms. The molecule has 2 aliphatic rings. The topological polar surface area (TPSA) is 105 Å². The quantitative estimate of drug-likeness (QED) is 0.473. The van der Waals surface area contributed by atoms with E-state index < -0.39 is 29.6 Å². The molecule has 2 amide bonds. The van der Waals surface area contributed by atoms with Gasteiger partial charge < -0.3 is 20.5 Å². The van der Waals surface area contributed by atoms with Gasteiger partial charge in [-0.15, -0.1) is 0 Å². The standard InChI is InChI=1S/C26H30N2O5S/c1-26(24(30)31,16-11-12-16)28-23(29)22(13-14-34-2)27-25(32)33-15-21-19-9-5-3-7-17(19)18-8-4-6-10-20(18)21/h3-10,16,21-22H,11-15H2,1-2H3,(H,27,32)(H,28,29)(H,30,31)/t22-,26?/m0/s1. The van der Waals surface area contributed by atoms with Crippen LogP contribution in [0.3, 0.4) is 0 Å². The van der Waals surface area contributed by atoms with Crippen molar-refractivity contribution in [3.05, 3.63) is 59.7 Å². The maximum absolute atomic E-state index is 13.0. The third-order valence-corrected chi connectivity index (χ3v) is 7.43. The number of amides is 2. The van der Waals surface area contributed by atoms with Crippen LogP contribution in [0.4, 0.5) is 4.79 Å². The number of ether oxygens (including phenoxy) is 1. The number of carbonyl (C=O) groups is 3. The van der Waals surface area contributed by atoms with Crippen molar-refractivity contribution in [2.75, 3.05) is 18.6 Å². The van der Waals surface area contributed by atoms with E-state index >= 15 is 0 Å². The normalized spacial score (nSPS) is 17.1. The number of carbonyl (C=O) groups excluding carboxylic acids is 2. The molecule has 0 spiro atoms. The fourth-order valence-electron chi connectivity index (χ4n) is 4.62. The minimum Gasteiger partial charge on any atom is -0.480 e. The van der Waals surface area contributed by atoms with Gasteiger partial charge in [0.05, 0.1) is 0 Å². The van der Waals surface area contributed by atoms with Crippen LogP contribution >= 0.6 is 11.8 Å². The zero-order chi connectivity index (χ0) is 24.3. The summed E-state index contributed by atoms with van der Waals surface area (Å²) in [5, 5.41) is 15.0. The van der Waals surface area contributed by atoms with Crippen LogP contribution in [0, 0.1) is 5.92 Å². The van der Waals surface area contributed by atoms with E-state index in [2.05, 4.69) is 22.8 Å². The maximum Gasteiger partial charge on any atom is 0.407 e. The minimum absolute atomic E-state index is 0.0817. The highest BCUT2D eigenvalue weighted by molar-refractivity contribution is 7.98. The molecule has 0 aromatic heterocycles. The van der Waals surface area contributed by atoms with Crippen molar-refractivity contribution in [2.24, 2.45) is 5.92 Å². The first kappa shape index (κ1) is 24.1. The molecule has 8 heteroatoms. The van der Waals surface area contributed by atoms with E-state index in [4.69, 9.17) is 4.74 Å². The van der Waals surface area contributed by atoms with E-state index in [1.165, 1.54) is 6.92 Å². The van der Waals surface area contributed by atoms with Crippen LogP contribution in [-0.2, 0) is 14.3 Å². The molecule has 3 N–H and O–H groups in total. The summed E-state index contributed by atoms with van der Waals surface area (Å²) >= 11 is 1.55. The second-order valence-corrected chi connectivity index (χ2v) is 10.1. The van der Waals surface area contributed by atoms with Gasteiger partial charge in [0.15, 0.2) is 0 Å². The molecule has 2 aromatic carbocycles. The highest BCUT2D eigenvalue weighted by Crippen LogP contribution is 2.44. The van der Waals surface area contributed by atoms with Crippen molar-refractivity contribution in [1.29, 1.82) is 0 Å². The zero-order valence-corrected chi connectivity index (χ0v) is 20.2. The summed E-state index contributed by atoms with van der Waals surface area (Å²) in [7, 11) is 0. The van der Waals surface area contributed by atoms with Crippen LogP contribution in [0.1, 0.15) is 43.2 Å². The summed E-state index contributed by atoms with van der Waals surface area (Å²) in [5.74, 6) is -1.10. The smallest absolute Gasteiger partial charge is 0.407 e. The number of carboxylic acid groups (broad SMARTS) is 1. The Kier molecular flexibility index (Phi) is 7.16. The molecule has 4 rings (SSSR count). The summed E-state index contributed by atoms with van der Waals surface area (Å²) in [5.41, 5.74) is 3.15. The number of fused-ring (bicyclic) bond motifs is 3. The van der Waals surface area contributed by atoms with Crippen LogP contribution in [0.15, 0.2) is 48.5 Å². The number of alkyl carbamates (subject to hydrolysis) is 1. The Labute approximate surface area is 203 Å². The second kappa shape index (κ2) is 10.1. The van der Waals surface area contributed by atoms with Crippen molar-refractivity contribution < 1.29 is 24.2 Å². The highest BCUT2D eigenvalue weighted by atomic mass is 32.2. The third kappa shape index (κ3) is 4.92. The number of aliphatic carboxylic acids is 1. The lowest BCUT2D eigenvalue weighted by Gasteiger charge is -2.29. The van der Waals surface area contributed by atoms with E-state index in [0.29, 0.717) is 12.2 Å². The van der Waals surface area contributed by atoms with Crippen molar-refractivity contribution in [1.82, 2.24) is 10.6 Å². The van der Waals surface area contributed by atoms with Gasteiger partial charge in [0.2, 0.25) is 5.91 Å². The van der Waals surface area contributed by atoms with E-state index in [1.54, 1.807) is 11.8 Å². The van der Waals surface area contributed by atoms with Gasteiger partial charge in [0.25, 0.3) is 0 Å². The lowest BCUT2D eigenvalue weighted by atomic mass is 9.95. The number of thioether (sulfide) groups is 1. The summed E-state index contributed by atoms with van der Waals surface area (Å²) in [6.45, 7) is 1.68. The Morgan fingerprint density at radius 1 is 1.09 bits per heavy atom. The number of hydrogen-bond donors (Lipinski definition) is 3. The van der Waals surface area contributed by atoms with Gasteiger partial charge in [0.1, 0.15) is 18.2 Å². The van der Waals surface area contributed by atoms with E-state index in [0.717, 1.165) is 35.1 Å². The van der Waals surface area contributed by atoms with Crippen LogP contribution in [0.5, 0.6) is 0 Å². The SMILES string of the molecule is CSCC[C@H](NC(=O)OCC1c2ccccc2-c2ccccc21)C(=O)NC(C)(C(=O)O)C1CC1. The first-order valence-electron chi connectivity index (χ1n) is 11.5. The molecular weight excluding hydrogens is 452 g/mol. The van der Waals surface area contributed by atoms with Crippen LogP contribution in [-0.4, -0.2) is 53.3 Å². The van der Waals surface area contributed by atoms with Gasteiger partial charge in [-0.1, -0.05) is 48.5 Å². The van der Waals surface area contributed by atoms with Crippen molar-refractivity contribution in [3.8, 4) is 11.1 Å². The Bertz CT molecular complexity index is 1040. The maximum atomic E-state index is 13.0. The molecule has 0 aliphatic heterocycles. The average Bonchev–Trinajstić information content (AvgIpc) is 3.64. The van der Waals surface area contributed by atoms with Gasteiger partial charge in [-0.25, -0.2) is 9.59 Å². The second-order valence-electron chi connectivity index (χ2n) is 9.07. The van der Waals surface area contributed by atoms with Crippen molar-refractivity contribution in [2.45, 2.75) is 43.7 Å². The first-order chi connectivity index (χ1) is 16.3. The summed E-state index contributed by atoms with van der Waals surface area (Å²) in [4.78, 5) is 37.5. The van der Waals surface area contributed by atoms with Crippen LogP contribution in [0.25, 0.3) is 11.1 Å². The summed E-state index contributed by atoms with van der Waals surface area (Å²) in [6.07, 6.45) is 3.12. The predicted molar refractivity (Wildman–Crippen MR) is 132 cm³/mol. The molecule has 0 bridgehead atoms. The third-order valence-electron chi connectivity index (χ3n) is 6.78. The monoisotopic (exact) mass is 482 g/mol. The fourth-order valence-corrected chi connectivity index (χ4v) is 5.09. The molecule has 0 saturated heterocycles. The molecular formula is C26H30N2O5S. The Hall–Kier alpha value is -3.00. The van der Waals surface area contributed by atoms with Gasteiger partial charge in [0, 0.05) is 5.92 Å². The van der Waals surface area contributed by atoms with E-state index in [-0.39, 0.29) is 18.4 Å². The summed E-state index contributed by atoms with van der Waals surface area (Å²) in [6, 6.07) is 15.3.